The van der Waals surface area contributed by atoms with E-state index in [2.05, 4.69) is 4.98 Å². The summed E-state index contributed by atoms with van der Waals surface area (Å²) in [4.78, 5) is 14.6. The molecule has 110 valence electrons. The summed E-state index contributed by atoms with van der Waals surface area (Å²) in [5, 5.41) is 11.7. The molecule has 0 saturated carbocycles. The maximum atomic E-state index is 11.0. The van der Waals surface area contributed by atoms with Crippen LogP contribution in [-0.2, 0) is 6.42 Å². The fourth-order valence-corrected chi connectivity index (χ4v) is 2.51. The van der Waals surface area contributed by atoms with Crippen LogP contribution in [0.15, 0.2) is 61.2 Å². The minimum atomic E-state index is -0.403. The van der Waals surface area contributed by atoms with E-state index in [9.17, 15) is 10.1 Å². The van der Waals surface area contributed by atoms with Crippen molar-refractivity contribution in [3.8, 4) is 5.69 Å². The first-order chi connectivity index (χ1) is 10.6. The van der Waals surface area contributed by atoms with E-state index < -0.39 is 4.92 Å². The third-order valence-electron chi connectivity index (χ3n) is 3.40. The van der Waals surface area contributed by atoms with Gasteiger partial charge >= 0.3 is 0 Å². The summed E-state index contributed by atoms with van der Waals surface area (Å²) in [6.45, 7) is 0. The molecule has 0 radical (unpaired) electrons. The van der Waals surface area contributed by atoms with E-state index in [0.717, 1.165) is 16.8 Å². The Kier molecular flexibility index (Phi) is 3.89. The smallest absolute Gasteiger partial charge is 0.271 e. The van der Waals surface area contributed by atoms with E-state index in [0.29, 0.717) is 11.4 Å². The van der Waals surface area contributed by atoms with Gasteiger partial charge in [-0.2, -0.15) is 0 Å². The lowest BCUT2D eigenvalue weighted by atomic mass is 10.0. The molecule has 0 bridgehead atoms. The molecule has 0 saturated heterocycles. The Morgan fingerprint density at radius 2 is 2.00 bits per heavy atom. The van der Waals surface area contributed by atoms with Gasteiger partial charge in [-0.15, -0.1) is 0 Å². The Hall–Kier alpha value is -2.66. The molecule has 1 heterocycles. The summed E-state index contributed by atoms with van der Waals surface area (Å²) in [5.74, 6) is 0. The molecule has 5 nitrogen and oxygen atoms in total. The number of rotatable bonds is 4. The number of non-ortho nitro benzene ring substituents is 1. The number of nitrogens with zero attached hydrogens (tertiary/aromatic N) is 3. The minimum Gasteiger partial charge on any atom is -0.306 e. The van der Waals surface area contributed by atoms with Crippen LogP contribution in [0.3, 0.4) is 0 Å². The van der Waals surface area contributed by atoms with E-state index in [1.165, 1.54) is 6.07 Å². The van der Waals surface area contributed by atoms with Gasteiger partial charge in [-0.3, -0.25) is 10.1 Å². The van der Waals surface area contributed by atoms with Gasteiger partial charge in [0, 0.05) is 36.0 Å². The highest BCUT2D eigenvalue weighted by molar-refractivity contribution is 6.31. The molecule has 2 aromatic carbocycles. The zero-order chi connectivity index (χ0) is 15.5. The van der Waals surface area contributed by atoms with Crippen molar-refractivity contribution in [1.29, 1.82) is 0 Å². The van der Waals surface area contributed by atoms with Crippen molar-refractivity contribution in [3.05, 3.63) is 87.4 Å². The van der Waals surface area contributed by atoms with Gasteiger partial charge in [-0.25, -0.2) is 4.98 Å². The second kappa shape index (κ2) is 5.99. The molecular weight excluding hydrogens is 302 g/mol. The van der Waals surface area contributed by atoms with Crippen molar-refractivity contribution in [2.45, 2.75) is 6.42 Å². The lowest BCUT2D eigenvalue weighted by Gasteiger charge is -2.11. The first kappa shape index (κ1) is 14.3. The normalized spacial score (nSPS) is 10.6. The molecule has 0 aliphatic heterocycles. The Morgan fingerprint density at radius 3 is 2.68 bits per heavy atom. The van der Waals surface area contributed by atoms with Gasteiger partial charge in [0.2, 0.25) is 0 Å². The summed E-state index contributed by atoms with van der Waals surface area (Å²) in [5.41, 5.74) is 2.69. The van der Waals surface area contributed by atoms with Crippen molar-refractivity contribution < 1.29 is 4.92 Å². The van der Waals surface area contributed by atoms with Gasteiger partial charge in [0.25, 0.3) is 5.69 Å². The molecule has 0 atom stereocenters. The predicted octanol–water partition coefficient (Wildman–Crippen LogP) is 4.02. The molecule has 22 heavy (non-hydrogen) atoms. The van der Waals surface area contributed by atoms with Crippen LogP contribution in [0.5, 0.6) is 0 Å². The number of nitro groups is 1. The zero-order valence-corrected chi connectivity index (χ0v) is 12.3. The standard InChI is InChI=1S/C16H12ClN3O2/c17-15-4-2-1-3-12(15)9-13-5-6-14(20(21)22)10-16(13)19-8-7-18-11-19/h1-8,10-11H,9H2. The van der Waals surface area contributed by atoms with Gasteiger partial charge in [0.1, 0.15) is 0 Å². The highest BCUT2D eigenvalue weighted by atomic mass is 35.5. The first-order valence-electron chi connectivity index (χ1n) is 6.64. The number of nitro benzene ring substituents is 1. The van der Waals surface area contributed by atoms with E-state index in [-0.39, 0.29) is 5.69 Å². The van der Waals surface area contributed by atoms with E-state index in [4.69, 9.17) is 11.6 Å². The van der Waals surface area contributed by atoms with Gasteiger partial charge in [-0.05, 0) is 23.3 Å². The Labute approximate surface area is 132 Å². The molecule has 0 N–H and O–H groups in total. The molecule has 3 rings (SSSR count). The third kappa shape index (κ3) is 2.84. The summed E-state index contributed by atoms with van der Waals surface area (Å²) >= 11 is 6.21. The summed E-state index contributed by atoms with van der Waals surface area (Å²) < 4.78 is 1.76. The topological polar surface area (TPSA) is 61.0 Å². The minimum absolute atomic E-state index is 0.0478. The summed E-state index contributed by atoms with van der Waals surface area (Å²) in [6, 6.07) is 12.4. The molecule has 0 amide bonds. The van der Waals surface area contributed by atoms with Crippen molar-refractivity contribution >= 4 is 17.3 Å². The van der Waals surface area contributed by atoms with Gasteiger partial charge in [-0.1, -0.05) is 29.8 Å². The predicted molar refractivity (Wildman–Crippen MR) is 84.5 cm³/mol. The molecule has 6 heteroatoms. The monoisotopic (exact) mass is 313 g/mol. The molecule has 1 aromatic heterocycles. The number of aromatic nitrogens is 2. The van der Waals surface area contributed by atoms with Crippen molar-refractivity contribution in [2.75, 3.05) is 0 Å². The van der Waals surface area contributed by atoms with Crippen LogP contribution in [0, 0.1) is 10.1 Å². The summed E-state index contributed by atoms with van der Waals surface area (Å²) in [7, 11) is 0. The summed E-state index contributed by atoms with van der Waals surface area (Å²) in [6.07, 6.45) is 5.60. The number of hydrogen-bond acceptors (Lipinski definition) is 3. The van der Waals surface area contributed by atoms with Gasteiger partial charge < -0.3 is 4.57 Å². The Morgan fingerprint density at radius 1 is 1.18 bits per heavy atom. The zero-order valence-electron chi connectivity index (χ0n) is 11.5. The fraction of sp³-hybridized carbons (Fsp3) is 0.0625. The molecule has 0 spiro atoms. The number of hydrogen-bond donors (Lipinski definition) is 0. The van der Waals surface area contributed by atoms with E-state index in [1.54, 1.807) is 35.4 Å². The fourth-order valence-electron chi connectivity index (χ4n) is 2.30. The van der Waals surface area contributed by atoms with Crippen molar-refractivity contribution in [2.24, 2.45) is 0 Å². The van der Waals surface area contributed by atoms with E-state index in [1.807, 2.05) is 24.3 Å². The van der Waals surface area contributed by atoms with Gasteiger partial charge in [0.05, 0.1) is 16.9 Å². The maximum absolute atomic E-state index is 11.0. The molecule has 0 aliphatic carbocycles. The molecule has 0 aliphatic rings. The van der Waals surface area contributed by atoms with Crippen molar-refractivity contribution in [3.63, 3.8) is 0 Å². The highest BCUT2D eigenvalue weighted by Gasteiger charge is 2.13. The molecule has 3 aromatic rings. The first-order valence-corrected chi connectivity index (χ1v) is 7.02. The third-order valence-corrected chi connectivity index (χ3v) is 3.77. The molecular formula is C16H12ClN3O2. The van der Waals surface area contributed by atoms with E-state index >= 15 is 0 Å². The lowest BCUT2D eigenvalue weighted by Crippen LogP contribution is -2.01. The molecule has 0 unspecified atom stereocenters. The average Bonchev–Trinajstić information content (AvgIpc) is 3.04. The Bertz CT molecular complexity index is 816. The van der Waals surface area contributed by atoms with Crippen LogP contribution in [0.1, 0.15) is 11.1 Å². The maximum Gasteiger partial charge on any atom is 0.271 e. The SMILES string of the molecule is O=[N+]([O-])c1ccc(Cc2ccccc2Cl)c(-n2ccnc2)c1. The van der Waals surface area contributed by atoms with Crippen LogP contribution >= 0.6 is 11.6 Å². The van der Waals surface area contributed by atoms with Crippen LogP contribution in [0.4, 0.5) is 5.69 Å². The van der Waals surface area contributed by atoms with Crippen LogP contribution in [0.2, 0.25) is 5.02 Å². The largest absolute Gasteiger partial charge is 0.306 e. The second-order valence-electron chi connectivity index (χ2n) is 4.81. The van der Waals surface area contributed by atoms with Gasteiger partial charge in [0.15, 0.2) is 0 Å². The van der Waals surface area contributed by atoms with Crippen LogP contribution < -0.4 is 0 Å². The molecule has 0 fully saturated rings. The quantitative estimate of drug-likeness (QED) is 0.540. The van der Waals surface area contributed by atoms with Crippen LogP contribution in [-0.4, -0.2) is 14.5 Å². The number of halogens is 1. The lowest BCUT2D eigenvalue weighted by molar-refractivity contribution is -0.384. The number of benzene rings is 2. The number of imidazole rings is 1. The second-order valence-corrected chi connectivity index (χ2v) is 5.22. The average molecular weight is 314 g/mol. The Balaban J connectivity index is 2.07. The van der Waals surface area contributed by atoms with Crippen LogP contribution in [0.25, 0.3) is 5.69 Å². The highest BCUT2D eigenvalue weighted by Crippen LogP contribution is 2.26. The van der Waals surface area contributed by atoms with Crippen molar-refractivity contribution in [1.82, 2.24) is 9.55 Å².